The number of amides is 4. The van der Waals surface area contributed by atoms with Gasteiger partial charge in [-0.25, -0.2) is 0 Å². The number of anilines is 2. The molecule has 9 rings (SSSR count). The number of benzene rings is 4. The van der Waals surface area contributed by atoms with E-state index in [1.807, 2.05) is 36.8 Å². The molecule has 0 saturated carbocycles. The molecule has 66 heavy (non-hydrogen) atoms. The molecule has 16 nitrogen and oxygen atoms in total. The van der Waals surface area contributed by atoms with Gasteiger partial charge < -0.3 is 61.1 Å². The molecule has 4 aromatic carbocycles. The van der Waals surface area contributed by atoms with E-state index < -0.39 is 36.6 Å². The topological polar surface area (TPSA) is 228 Å². The number of hydrogen-bond donors (Lipinski definition) is 6. The first-order valence-corrected chi connectivity index (χ1v) is 24.4. The van der Waals surface area contributed by atoms with Crippen molar-refractivity contribution in [3.05, 3.63) is 106 Å². The predicted molar refractivity (Wildman–Crippen MR) is 249 cm³/mol. The summed E-state index contributed by atoms with van der Waals surface area (Å²) in [7, 11) is 0. The van der Waals surface area contributed by atoms with E-state index in [4.69, 9.17) is 30.4 Å². The fourth-order valence-electron chi connectivity index (χ4n) is 9.61. The van der Waals surface area contributed by atoms with E-state index in [0.717, 1.165) is 59.4 Å². The smallest absolute Gasteiger partial charge is 0.287 e. The largest absolute Gasteiger partial charge is 0.492 e. The van der Waals surface area contributed by atoms with Gasteiger partial charge >= 0.3 is 0 Å². The van der Waals surface area contributed by atoms with Gasteiger partial charge in [0, 0.05) is 93.5 Å². The number of nitrogens with one attached hydrogen (secondary N) is 2. The number of piperidine rings is 2. The minimum absolute atomic E-state index is 0.195. The Hall–Kier alpha value is -5.18. The molecular formula is C48H54N6O10S2. The van der Waals surface area contributed by atoms with Gasteiger partial charge in [0.1, 0.15) is 24.7 Å². The molecule has 8 N–H and O–H groups in total. The summed E-state index contributed by atoms with van der Waals surface area (Å²) in [6.45, 7) is 2.18. The van der Waals surface area contributed by atoms with Gasteiger partial charge in [-0.1, -0.05) is 24.3 Å². The summed E-state index contributed by atoms with van der Waals surface area (Å²) in [6, 6.07) is 22.0. The number of nitrogens with zero attached hydrogens (tertiary/aromatic N) is 2. The van der Waals surface area contributed by atoms with Crippen molar-refractivity contribution in [1.82, 2.24) is 9.80 Å². The molecule has 0 unspecified atom stereocenters. The number of hydrogen-bond acceptors (Lipinski definition) is 14. The number of ether oxygens (including phenoxy) is 4. The zero-order valence-electron chi connectivity index (χ0n) is 36.9. The minimum atomic E-state index is -2.60. The molecule has 5 heterocycles. The van der Waals surface area contributed by atoms with Crippen LogP contribution in [0, 0.1) is 0 Å². The average molecular weight is 939 g/mol. The first-order valence-electron chi connectivity index (χ1n) is 22.0. The molecule has 0 aromatic heterocycles. The van der Waals surface area contributed by atoms with Gasteiger partial charge in [-0.2, -0.15) is 0 Å². The van der Waals surface area contributed by atoms with E-state index in [2.05, 4.69) is 22.8 Å². The zero-order chi connectivity index (χ0) is 46.4. The van der Waals surface area contributed by atoms with Crippen LogP contribution >= 0.6 is 23.5 Å². The van der Waals surface area contributed by atoms with Crippen LogP contribution in [0.1, 0.15) is 68.7 Å². The van der Waals surface area contributed by atoms with Crippen LogP contribution in [0.25, 0.3) is 0 Å². The van der Waals surface area contributed by atoms with Gasteiger partial charge in [-0.15, -0.1) is 23.5 Å². The molecule has 0 aliphatic carbocycles. The van der Waals surface area contributed by atoms with E-state index in [-0.39, 0.29) is 34.0 Å². The standard InChI is InChI=1S/C48H54N6O10S2/c1-65-35-19-31(41(55)53-11-7-45(8-12-53)25-61-39-5-3-29(23-49)15-37(39)45)17-33(21-35)51-43(57)47(59)27-64-48(60,28-63-47)44(58)52-34-18-32(20-36(22-34)66-2)42(56)54-13-9-46(10-14-54)26-62-40-6-4-30(24-50)16-38(40)46/h3-6,15-22,59-60H,7-14,23-28,49-50H2,1-2H3,(H,51,57)(H,52,58)/t47-,48+. The van der Waals surface area contributed by atoms with Crippen LogP contribution in [0.5, 0.6) is 11.5 Å². The molecule has 348 valence electrons. The van der Waals surface area contributed by atoms with Gasteiger partial charge in [0.2, 0.25) is 0 Å². The van der Waals surface area contributed by atoms with Crippen molar-refractivity contribution in [2.45, 2.75) is 71.0 Å². The maximum absolute atomic E-state index is 13.9. The Kier molecular flexibility index (Phi) is 12.6. The molecular weight excluding hydrogens is 885 g/mol. The van der Waals surface area contributed by atoms with E-state index in [1.54, 1.807) is 34.1 Å². The van der Waals surface area contributed by atoms with Crippen LogP contribution in [0.15, 0.2) is 82.6 Å². The van der Waals surface area contributed by atoms with Crippen molar-refractivity contribution in [3.63, 3.8) is 0 Å². The van der Waals surface area contributed by atoms with Crippen molar-refractivity contribution < 1.29 is 48.3 Å². The highest BCUT2D eigenvalue weighted by Crippen LogP contribution is 2.47. The molecule has 0 bridgehead atoms. The van der Waals surface area contributed by atoms with E-state index in [9.17, 15) is 29.4 Å². The molecule has 5 aliphatic rings. The number of nitrogens with two attached hydrogens (primary N) is 2. The highest BCUT2D eigenvalue weighted by atomic mass is 32.2. The summed E-state index contributed by atoms with van der Waals surface area (Å²) >= 11 is 2.75. The minimum Gasteiger partial charge on any atom is -0.492 e. The van der Waals surface area contributed by atoms with Crippen LogP contribution in [-0.4, -0.2) is 120 Å². The lowest BCUT2D eigenvalue weighted by atomic mass is 9.74. The Morgan fingerprint density at radius 3 is 1.33 bits per heavy atom. The highest BCUT2D eigenvalue weighted by molar-refractivity contribution is 7.98. The summed E-state index contributed by atoms with van der Waals surface area (Å²) < 4.78 is 23.0. The number of fused-ring (bicyclic) bond motifs is 4. The lowest BCUT2D eigenvalue weighted by molar-refractivity contribution is -0.335. The van der Waals surface area contributed by atoms with Gasteiger partial charge in [0.15, 0.2) is 0 Å². The molecule has 2 spiro atoms. The zero-order valence-corrected chi connectivity index (χ0v) is 38.5. The molecule has 4 amide bonds. The summed E-state index contributed by atoms with van der Waals surface area (Å²) in [5.41, 5.74) is 17.0. The highest BCUT2D eigenvalue weighted by Gasteiger charge is 2.52. The van der Waals surface area contributed by atoms with Gasteiger partial charge in [-0.3, -0.25) is 19.2 Å². The first-order chi connectivity index (χ1) is 31.7. The summed E-state index contributed by atoms with van der Waals surface area (Å²) in [4.78, 5) is 59.9. The molecule has 3 fully saturated rings. The second kappa shape index (κ2) is 18.1. The molecule has 4 aromatic rings. The van der Waals surface area contributed by atoms with E-state index in [1.165, 1.54) is 35.7 Å². The molecule has 18 heteroatoms. The Labute approximate surface area is 391 Å². The maximum atomic E-state index is 13.9. The third kappa shape index (κ3) is 8.64. The third-order valence-corrected chi connectivity index (χ3v) is 15.2. The number of aliphatic hydroxyl groups is 2. The van der Waals surface area contributed by atoms with Crippen molar-refractivity contribution in [2.24, 2.45) is 11.5 Å². The van der Waals surface area contributed by atoms with E-state index in [0.29, 0.717) is 73.4 Å². The van der Waals surface area contributed by atoms with Gasteiger partial charge in [-0.05, 0) is 97.9 Å². The summed E-state index contributed by atoms with van der Waals surface area (Å²) in [5.74, 6) is -5.93. The Morgan fingerprint density at radius 1 is 0.591 bits per heavy atom. The predicted octanol–water partition coefficient (Wildman–Crippen LogP) is 4.18. The van der Waals surface area contributed by atoms with Crippen molar-refractivity contribution in [2.75, 3.05) is 75.8 Å². The number of thioether (sulfide) groups is 2. The third-order valence-electron chi connectivity index (χ3n) is 13.7. The van der Waals surface area contributed by atoms with E-state index >= 15 is 0 Å². The van der Waals surface area contributed by atoms with Crippen molar-refractivity contribution in [1.29, 1.82) is 0 Å². The Bertz CT molecular complexity index is 2390. The number of likely N-dealkylation sites (tertiary alicyclic amines) is 2. The normalized spacial score (nSPS) is 22.6. The fourth-order valence-corrected chi connectivity index (χ4v) is 10.6. The lowest BCUT2D eigenvalue weighted by Crippen LogP contribution is -2.62. The molecule has 0 radical (unpaired) electrons. The first kappa shape index (κ1) is 46.0. The fraction of sp³-hybridized carbons (Fsp3) is 0.417. The monoisotopic (exact) mass is 938 g/mol. The van der Waals surface area contributed by atoms with Crippen LogP contribution in [0.4, 0.5) is 11.4 Å². The Morgan fingerprint density at radius 2 is 0.985 bits per heavy atom. The van der Waals surface area contributed by atoms with Crippen LogP contribution in [0.2, 0.25) is 0 Å². The SMILES string of the molecule is CSc1cc(NC(=O)[C@@]2(O)CO[C@](O)(C(=O)Nc3cc(SC)cc(C(=O)N4CCC5(CC4)COc4ccc(CN)cc45)c3)CO2)cc(C(=O)N2CCC3(CC2)COc2ccc(CN)cc23)c1. The number of rotatable bonds is 10. The molecule has 3 saturated heterocycles. The quantitative estimate of drug-likeness (QED) is 0.123. The molecule has 2 atom stereocenters. The number of carbonyl (C=O) groups excluding carboxylic acids is 4. The summed E-state index contributed by atoms with van der Waals surface area (Å²) in [6.07, 6.45) is 6.55. The average Bonchev–Trinajstić information content (AvgIpc) is 3.88. The summed E-state index contributed by atoms with van der Waals surface area (Å²) in [5, 5.41) is 27.8. The molecule has 5 aliphatic heterocycles. The van der Waals surface area contributed by atoms with Gasteiger partial charge in [0.05, 0.1) is 13.2 Å². The van der Waals surface area contributed by atoms with Crippen molar-refractivity contribution >= 4 is 58.5 Å². The number of carbonyl (C=O) groups is 4. The Balaban J connectivity index is 0.809. The maximum Gasteiger partial charge on any atom is 0.287 e. The van der Waals surface area contributed by atoms with Crippen LogP contribution < -0.4 is 31.6 Å². The lowest BCUT2D eigenvalue weighted by Gasteiger charge is -2.39. The van der Waals surface area contributed by atoms with Gasteiger partial charge in [0.25, 0.3) is 35.2 Å². The second-order valence-corrected chi connectivity index (χ2v) is 19.5. The van der Waals surface area contributed by atoms with Crippen LogP contribution in [-0.2, 0) is 43.0 Å². The second-order valence-electron chi connectivity index (χ2n) is 17.7. The van der Waals surface area contributed by atoms with Crippen LogP contribution in [0.3, 0.4) is 0 Å². The van der Waals surface area contributed by atoms with Crippen molar-refractivity contribution in [3.8, 4) is 11.5 Å².